The van der Waals surface area contributed by atoms with Crippen molar-refractivity contribution in [1.29, 1.82) is 0 Å². The van der Waals surface area contributed by atoms with Crippen LogP contribution in [0.5, 0.6) is 11.5 Å². The largest absolute Gasteiger partial charge is 0.504 e. The van der Waals surface area contributed by atoms with Crippen molar-refractivity contribution in [3.63, 3.8) is 0 Å². The fraction of sp³-hybridized carbons (Fsp3) is 0.353. The molecule has 3 N–H and O–H groups in total. The summed E-state index contributed by atoms with van der Waals surface area (Å²) >= 11 is 1.61. The minimum Gasteiger partial charge on any atom is -0.504 e. The summed E-state index contributed by atoms with van der Waals surface area (Å²) in [7, 11) is 1.57. The van der Waals surface area contributed by atoms with Crippen LogP contribution in [-0.2, 0) is 12.8 Å². The summed E-state index contributed by atoms with van der Waals surface area (Å²) < 4.78 is 5.25. The van der Waals surface area contributed by atoms with E-state index in [1.807, 2.05) is 18.2 Å². The summed E-state index contributed by atoms with van der Waals surface area (Å²) in [5.41, 5.74) is 7.82. The Morgan fingerprint density at radius 3 is 3.04 bits per heavy atom. The topological polar surface area (TPSA) is 71.6 Å². The van der Waals surface area contributed by atoms with Gasteiger partial charge in [-0.1, -0.05) is 24.3 Å². The third-order valence-electron chi connectivity index (χ3n) is 4.00. The van der Waals surface area contributed by atoms with Crippen molar-refractivity contribution in [1.82, 2.24) is 9.88 Å². The summed E-state index contributed by atoms with van der Waals surface area (Å²) in [6.07, 6.45) is 6.06. The molecule has 0 radical (unpaired) electrons. The van der Waals surface area contributed by atoms with Crippen LogP contribution in [-0.4, -0.2) is 41.7 Å². The van der Waals surface area contributed by atoms with Crippen LogP contribution in [0.15, 0.2) is 24.3 Å². The standard InChI is InChI=1S/C17H21N3O2S/c1-22-16-12(4-2-6-14(16)21)5-3-9-20-10-7-13-15(8-11-20)23-17(18)19-13/h2-6,21H,7-11H2,1H3,(H2,18,19)/b5-3+. The number of hydrogen-bond acceptors (Lipinski definition) is 6. The molecule has 122 valence electrons. The van der Waals surface area contributed by atoms with Crippen LogP contribution >= 0.6 is 11.3 Å². The highest BCUT2D eigenvalue weighted by molar-refractivity contribution is 7.15. The third kappa shape index (κ3) is 3.65. The minimum atomic E-state index is 0.164. The Morgan fingerprint density at radius 1 is 1.39 bits per heavy atom. The second-order valence-electron chi connectivity index (χ2n) is 5.52. The number of fused-ring (bicyclic) bond motifs is 1. The normalized spacial score (nSPS) is 15.5. The number of ether oxygens (including phenoxy) is 1. The van der Waals surface area contributed by atoms with Crippen molar-refractivity contribution in [3.8, 4) is 11.5 Å². The molecule has 1 aromatic carbocycles. The molecule has 5 nitrogen and oxygen atoms in total. The lowest BCUT2D eigenvalue weighted by atomic mass is 10.1. The summed E-state index contributed by atoms with van der Waals surface area (Å²) in [5, 5.41) is 10.5. The quantitative estimate of drug-likeness (QED) is 0.901. The Bertz CT molecular complexity index is 686. The maximum atomic E-state index is 9.79. The van der Waals surface area contributed by atoms with Gasteiger partial charge < -0.3 is 15.6 Å². The number of hydrogen-bond donors (Lipinski definition) is 2. The number of nitrogens with two attached hydrogens (primary N) is 1. The summed E-state index contributed by atoms with van der Waals surface area (Å²) in [6.45, 7) is 2.86. The van der Waals surface area contributed by atoms with Gasteiger partial charge in [-0.15, -0.1) is 11.3 Å². The maximum Gasteiger partial charge on any atom is 0.180 e. The Balaban J connectivity index is 1.61. The van der Waals surface area contributed by atoms with Crippen molar-refractivity contribution >= 4 is 22.5 Å². The van der Waals surface area contributed by atoms with E-state index < -0.39 is 0 Å². The number of para-hydroxylation sites is 1. The second kappa shape index (κ2) is 7.02. The van der Waals surface area contributed by atoms with Gasteiger partial charge in [0.15, 0.2) is 16.6 Å². The Labute approximate surface area is 140 Å². The van der Waals surface area contributed by atoms with Gasteiger partial charge in [0, 0.05) is 36.5 Å². The van der Waals surface area contributed by atoms with Crippen molar-refractivity contribution in [2.24, 2.45) is 0 Å². The van der Waals surface area contributed by atoms with Gasteiger partial charge in [0.05, 0.1) is 12.8 Å². The molecule has 2 aromatic rings. The first-order valence-corrected chi connectivity index (χ1v) is 8.48. The third-order valence-corrected chi connectivity index (χ3v) is 4.99. The number of aromatic nitrogens is 1. The van der Waals surface area contributed by atoms with E-state index >= 15 is 0 Å². The number of benzene rings is 1. The summed E-state index contributed by atoms with van der Waals surface area (Å²) in [5.74, 6) is 0.680. The van der Waals surface area contributed by atoms with Gasteiger partial charge in [0.2, 0.25) is 0 Å². The predicted molar refractivity (Wildman–Crippen MR) is 94.1 cm³/mol. The molecule has 2 heterocycles. The number of nitrogens with zero attached hydrogens (tertiary/aromatic N) is 2. The van der Waals surface area contributed by atoms with E-state index in [1.165, 1.54) is 4.88 Å². The molecule has 0 saturated heterocycles. The number of phenolic OH excluding ortho intramolecular Hbond substituents is 1. The first-order chi connectivity index (χ1) is 11.2. The fourth-order valence-electron chi connectivity index (χ4n) is 2.84. The van der Waals surface area contributed by atoms with Crippen LogP contribution in [0.4, 0.5) is 5.13 Å². The van der Waals surface area contributed by atoms with Crippen molar-refractivity contribution in [2.75, 3.05) is 32.5 Å². The number of thiazole rings is 1. The molecule has 0 aliphatic carbocycles. The average molecular weight is 331 g/mol. The summed E-state index contributed by atoms with van der Waals surface area (Å²) in [4.78, 5) is 8.14. The second-order valence-corrected chi connectivity index (χ2v) is 6.64. The van der Waals surface area contributed by atoms with Gasteiger partial charge in [0.1, 0.15) is 0 Å². The molecular weight excluding hydrogens is 310 g/mol. The highest BCUT2D eigenvalue weighted by Crippen LogP contribution is 2.30. The molecule has 3 rings (SSSR count). The van der Waals surface area contributed by atoms with E-state index in [1.54, 1.807) is 24.5 Å². The highest BCUT2D eigenvalue weighted by Gasteiger charge is 2.16. The molecule has 6 heteroatoms. The molecule has 0 saturated carbocycles. The average Bonchev–Trinajstić information content (AvgIpc) is 2.79. The highest BCUT2D eigenvalue weighted by atomic mass is 32.1. The van der Waals surface area contributed by atoms with Gasteiger partial charge in [-0.05, 0) is 12.5 Å². The molecule has 23 heavy (non-hydrogen) atoms. The van der Waals surface area contributed by atoms with Crippen molar-refractivity contribution in [3.05, 3.63) is 40.4 Å². The number of phenols is 1. The first-order valence-electron chi connectivity index (χ1n) is 7.66. The van der Waals surface area contributed by atoms with Crippen LogP contribution < -0.4 is 10.5 Å². The first kappa shape index (κ1) is 15.8. The zero-order valence-corrected chi connectivity index (χ0v) is 14.0. The molecular formula is C17H21N3O2S. The lowest BCUT2D eigenvalue weighted by Gasteiger charge is -2.17. The molecule has 1 aliphatic heterocycles. The Hall–Kier alpha value is -2.05. The molecule has 1 aromatic heterocycles. The zero-order chi connectivity index (χ0) is 16.2. The van der Waals surface area contributed by atoms with Gasteiger partial charge in [-0.3, -0.25) is 4.90 Å². The smallest absolute Gasteiger partial charge is 0.180 e. The van der Waals surface area contributed by atoms with Gasteiger partial charge >= 0.3 is 0 Å². The monoisotopic (exact) mass is 331 g/mol. The van der Waals surface area contributed by atoms with Crippen molar-refractivity contribution in [2.45, 2.75) is 12.8 Å². The lowest BCUT2D eigenvalue weighted by molar-refractivity contribution is 0.318. The summed E-state index contributed by atoms with van der Waals surface area (Å²) in [6, 6.07) is 5.38. The van der Waals surface area contributed by atoms with Crippen LogP contribution in [0.25, 0.3) is 6.08 Å². The van der Waals surface area contributed by atoms with E-state index in [0.717, 1.165) is 43.7 Å². The number of methoxy groups -OCH3 is 1. The van der Waals surface area contributed by atoms with E-state index in [0.29, 0.717) is 10.9 Å². The number of nitrogen functional groups attached to an aromatic ring is 1. The van der Waals surface area contributed by atoms with Crippen molar-refractivity contribution < 1.29 is 9.84 Å². The van der Waals surface area contributed by atoms with E-state index in [-0.39, 0.29) is 5.75 Å². The van der Waals surface area contributed by atoms with Crippen LogP contribution in [0.3, 0.4) is 0 Å². The molecule has 0 spiro atoms. The van der Waals surface area contributed by atoms with Gasteiger partial charge in [-0.25, -0.2) is 4.98 Å². The zero-order valence-electron chi connectivity index (χ0n) is 13.2. The molecule has 1 aliphatic rings. The minimum absolute atomic E-state index is 0.164. The van der Waals surface area contributed by atoms with Gasteiger partial charge in [0.25, 0.3) is 0 Å². The molecule has 0 unspecified atom stereocenters. The molecule has 0 atom stereocenters. The fourth-order valence-corrected chi connectivity index (χ4v) is 3.70. The molecule has 0 fully saturated rings. The predicted octanol–water partition coefficient (Wildman–Crippen LogP) is 2.55. The van der Waals surface area contributed by atoms with Gasteiger partial charge in [-0.2, -0.15) is 0 Å². The lowest BCUT2D eigenvalue weighted by Crippen LogP contribution is -2.26. The SMILES string of the molecule is COc1c(O)cccc1/C=C/CN1CCc2nc(N)sc2CC1. The Morgan fingerprint density at radius 2 is 2.22 bits per heavy atom. The van der Waals surface area contributed by atoms with E-state index in [4.69, 9.17) is 10.5 Å². The van der Waals surface area contributed by atoms with E-state index in [9.17, 15) is 5.11 Å². The van der Waals surface area contributed by atoms with E-state index in [2.05, 4.69) is 16.0 Å². The molecule has 0 bridgehead atoms. The maximum absolute atomic E-state index is 9.79. The number of aromatic hydroxyl groups is 1. The number of anilines is 1. The molecule has 0 amide bonds. The van der Waals surface area contributed by atoms with Crippen LogP contribution in [0.2, 0.25) is 0 Å². The van der Waals surface area contributed by atoms with Crippen LogP contribution in [0, 0.1) is 0 Å². The number of rotatable bonds is 4. The Kier molecular flexibility index (Phi) is 4.83. The van der Waals surface area contributed by atoms with Crippen LogP contribution in [0.1, 0.15) is 16.1 Å².